The summed E-state index contributed by atoms with van der Waals surface area (Å²) in [4.78, 5) is 2.19. The summed E-state index contributed by atoms with van der Waals surface area (Å²) in [6.45, 7) is 4.11. The van der Waals surface area contributed by atoms with E-state index in [1.165, 1.54) is 0 Å². The number of nitrogens with zero attached hydrogens (tertiary/aromatic N) is 1. The molecule has 0 aliphatic carbocycles. The van der Waals surface area contributed by atoms with E-state index in [9.17, 15) is 0 Å². The Kier molecular flexibility index (Phi) is 5.97. The van der Waals surface area contributed by atoms with Crippen LogP contribution in [-0.2, 0) is 14.2 Å². The summed E-state index contributed by atoms with van der Waals surface area (Å²) in [6, 6.07) is 24.3. The Morgan fingerprint density at radius 1 is 0.500 bits per heavy atom. The van der Waals surface area contributed by atoms with E-state index in [0.717, 1.165) is 54.1 Å². The zero-order valence-electron chi connectivity index (χ0n) is 18.8. The van der Waals surface area contributed by atoms with Crippen LogP contribution in [0.25, 0.3) is 0 Å². The van der Waals surface area contributed by atoms with E-state index in [1.807, 2.05) is 36.4 Å². The van der Waals surface area contributed by atoms with Crippen molar-refractivity contribution in [2.24, 2.45) is 0 Å². The van der Waals surface area contributed by atoms with Gasteiger partial charge in [-0.2, -0.15) is 0 Å². The minimum Gasteiger partial charge on any atom is -0.491 e. The van der Waals surface area contributed by atoms with E-state index in [-0.39, 0.29) is 18.3 Å². The van der Waals surface area contributed by atoms with Crippen LogP contribution in [0.15, 0.2) is 72.8 Å². The maximum absolute atomic E-state index is 5.81. The lowest BCUT2D eigenvalue weighted by Gasteiger charge is -2.26. The highest BCUT2D eigenvalue weighted by molar-refractivity contribution is 5.77. The van der Waals surface area contributed by atoms with Crippen LogP contribution in [0.5, 0.6) is 17.2 Å². The Morgan fingerprint density at radius 3 is 1.00 bits per heavy atom. The highest BCUT2D eigenvalue weighted by Crippen LogP contribution is 2.37. The van der Waals surface area contributed by atoms with E-state index >= 15 is 0 Å². The maximum atomic E-state index is 5.81. The molecule has 7 heteroatoms. The summed E-state index contributed by atoms with van der Waals surface area (Å²) in [5.41, 5.74) is 3.07. The van der Waals surface area contributed by atoms with Gasteiger partial charge in [0.2, 0.25) is 0 Å². The van der Waals surface area contributed by atoms with Crippen LogP contribution in [0.1, 0.15) is 0 Å². The third-order valence-electron chi connectivity index (χ3n) is 5.80. The Hall–Kier alpha value is -3.26. The van der Waals surface area contributed by atoms with Gasteiger partial charge in [0.1, 0.15) is 55.4 Å². The summed E-state index contributed by atoms with van der Waals surface area (Å²) in [7, 11) is 0. The quantitative estimate of drug-likeness (QED) is 0.368. The number of ether oxygens (including phenoxy) is 6. The summed E-state index contributed by atoms with van der Waals surface area (Å²) < 4.78 is 33.1. The van der Waals surface area contributed by atoms with Crippen LogP contribution < -0.4 is 19.1 Å². The Balaban J connectivity index is 1.22. The smallest absolute Gasteiger partial charge is 0.119 e. The minimum atomic E-state index is 0.232. The molecule has 3 aromatic rings. The highest BCUT2D eigenvalue weighted by Gasteiger charge is 2.24. The van der Waals surface area contributed by atoms with Crippen molar-refractivity contribution in [3.05, 3.63) is 72.8 Å². The van der Waals surface area contributed by atoms with Gasteiger partial charge in [-0.1, -0.05) is 0 Å². The lowest BCUT2D eigenvalue weighted by atomic mass is 10.2. The monoisotopic (exact) mass is 461 g/mol. The van der Waals surface area contributed by atoms with Crippen molar-refractivity contribution in [3.63, 3.8) is 0 Å². The molecule has 0 radical (unpaired) electrons. The fourth-order valence-electron chi connectivity index (χ4n) is 3.58. The molecule has 0 N–H and O–H groups in total. The van der Waals surface area contributed by atoms with Crippen molar-refractivity contribution in [3.8, 4) is 17.2 Å². The molecule has 0 aromatic heterocycles. The van der Waals surface area contributed by atoms with Crippen molar-refractivity contribution < 1.29 is 28.4 Å². The van der Waals surface area contributed by atoms with Crippen molar-refractivity contribution in [2.45, 2.75) is 18.3 Å². The highest BCUT2D eigenvalue weighted by atomic mass is 16.6. The molecule has 6 rings (SSSR count). The van der Waals surface area contributed by atoms with Crippen molar-refractivity contribution in [2.75, 3.05) is 44.5 Å². The van der Waals surface area contributed by atoms with Crippen LogP contribution in [0.3, 0.4) is 0 Å². The number of hydrogen-bond acceptors (Lipinski definition) is 7. The molecule has 3 aromatic carbocycles. The molecule has 3 saturated heterocycles. The second-order valence-corrected chi connectivity index (χ2v) is 8.62. The number of rotatable bonds is 12. The van der Waals surface area contributed by atoms with Crippen LogP contribution in [0, 0.1) is 0 Å². The second kappa shape index (κ2) is 9.54. The standard InChI is InChI=1S/C27H27NO6/c1-7-22(29-13-25-16-32-25)8-2-19(1)28(20-3-9-23(10-4-20)30-14-26-17-33-26)21-5-11-24(12-6-21)31-15-27-18-34-27/h1-12,25-27H,13-18H2. The van der Waals surface area contributed by atoms with Gasteiger partial charge in [0, 0.05) is 17.1 Å². The zero-order valence-corrected chi connectivity index (χ0v) is 18.8. The molecular weight excluding hydrogens is 434 g/mol. The van der Waals surface area contributed by atoms with Crippen LogP contribution in [0.4, 0.5) is 17.1 Å². The largest absolute Gasteiger partial charge is 0.491 e. The third kappa shape index (κ3) is 5.62. The van der Waals surface area contributed by atoms with Gasteiger partial charge >= 0.3 is 0 Å². The topological polar surface area (TPSA) is 68.5 Å². The van der Waals surface area contributed by atoms with Gasteiger partial charge in [-0.3, -0.25) is 0 Å². The first kappa shape index (κ1) is 21.3. The number of benzene rings is 3. The Bertz CT molecular complexity index is 932. The lowest BCUT2D eigenvalue weighted by molar-refractivity contribution is 0.263. The lowest BCUT2D eigenvalue weighted by Crippen LogP contribution is -2.11. The van der Waals surface area contributed by atoms with E-state index in [0.29, 0.717) is 19.8 Å². The molecule has 3 heterocycles. The predicted octanol–water partition coefficient (Wildman–Crippen LogP) is 4.49. The molecule has 3 aliphatic rings. The first-order chi connectivity index (χ1) is 16.8. The molecule has 3 fully saturated rings. The predicted molar refractivity (Wildman–Crippen MR) is 127 cm³/mol. The van der Waals surface area contributed by atoms with Gasteiger partial charge in [-0.15, -0.1) is 0 Å². The summed E-state index contributed by atoms with van der Waals surface area (Å²) in [5, 5.41) is 0. The SMILES string of the molecule is c1cc(N(c2ccc(OCC3CO3)cc2)c2ccc(OCC3CO3)cc2)ccc1OCC1CO1. The molecular formula is C27H27NO6. The van der Waals surface area contributed by atoms with Gasteiger partial charge in [-0.05, 0) is 72.8 Å². The summed E-state index contributed by atoms with van der Waals surface area (Å²) in [5.74, 6) is 2.49. The van der Waals surface area contributed by atoms with Gasteiger partial charge in [0.25, 0.3) is 0 Å². The molecule has 3 atom stereocenters. The van der Waals surface area contributed by atoms with E-state index in [4.69, 9.17) is 28.4 Å². The molecule has 0 amide bonds. The fraction of sp³-hybridized carbons (Fsp3) is 0.333. The molecule has 3 unspecified atom stereocenters. The Labute approximate surface area is 198 Å². The Morgan fingerprint density at radius 2 is 0.765 bits per heavy atom. The van der Waals surface area contributed by atoms with Crippen LogP contribution >= 0.6 is 0 Å². The maximum Gasteiger partial charge on any atom is 0.119 e. The van der Waals surface area contributed by atoms with Crippen molar-refractivity contribution >= 4 is 17.1 Å². The van der Waals surface area contributed by atoms with Crippen molar-refractivity contribution in [1.82, 2.24) is 0 Å². The summed E-state index contributed by atoms with van der Waals surface area (Å²) in [6.07, 6.45) is 0.696. The average molecular weight is 462 g/mol. The first-order valence-electron chi connectivity index (χ1n) is 11.6. The molecule has 7 nitrogen and oxygen atoms in total. The first-order valence-corrected chi connectivity index (χ1v) is 11.6. The molecule has 3 aliphatic heterocycles. The normalized spacial score (nSPS) is 22.1. The zero-order chi connectivity index (χ0) is 22.7. The van der Waals surface area contributed by atoms with E-state index < -0.39 is 0 Å². The van der Waals surface area contributed by atoms with E-state index in [1.54, 1.807) is 0 Å². The van der Waals surface area contributed by atoms with Crippen LogP contribution in [-0.4, -0.2) is 58.0 Å². The molecule has 176 valence electrons. The van der Waals surface area contributed by atoms with E-state index in [2.05, 4.69) is 41.3 Å². The summed E-state index contributed by atoms with van der Waals surface area (Å²) >= 11 is 0. The molecule has 0 bridgehead atoms. The molecule has 0 saturated carbocycles. The molecule has 34 heavy (non-hydrogen) atoms. The van der Waals surface area contributed by atoms with Crippen LogP contribution in [0.2, 0.25) is 0 Å². The van der Waals surface area contributed by atoms with Gasteiger partial charge in [0.15, 0.2) is 0 Å². The number of anilines is 3. The van der Waals surface area contributed by atoms with Gasteiger partial charge in [0.05, 0.1) is 19.8 Å². The number of hydrogen-bond donors (Lipinski definition) is 0. The fourth-order valence-corrected chi connectivity index (χ4v) is 3.58. The third-order valence-corrected chi connectivity index (χ3v) is 5.80. The second-order valence-electron chi connectivity index (χ2n) is 8.62. The van der Waals surface area contributed by atoms with Gasteiger partial charge in [-0.25, -0.2) is 0 Å². The number of epoxide rings is 3. The minimum absolute atomic E-state index is 0.232. The van der Waals surface area contributed by atoms with Gasteiger partial charge < -0.3 is 33.3 Å². The molecule has 0 spiro atoms. The average Bonchev–Trinajstić information content (AvgIpc) is 3.73. The van der Waals surface area contributed by atoms with Crippen molar-refractivity contribution in [1.29, 1.82) is 0 Å².